The molecule has 1 aliphatic heterocycles. The fourth-order valence-corrected chi connectivity index (χ4v) is 2.51. The Kier molecular flexibility index (Phi) is 4.75. The van der Waals surface area contributed by atoms with Crippen LogP contribution in [-0.2, 0) is 6.61 Å². The smallest absolute Gasteiger partial charge is 0.215 e. The molecule has 116 valence electrons. The summed E-state index contributed by atoms with van der Waals surface area (Å²) < 4.78 is 19.3. The number of aromatic nitrogens is 1. The summed E-state index contributed by atoms with van der Waals surface area (Å²) in [6.07, 6.45) is 1.07. The predicted molar refractivity (Wildman–Crippen MR) is 84.9 cm³/mol. The minimum atomic E-state index is -0.376. The van der Waals surface area contributed by atoms with Crippen LogP contribution in [0.5, 0.6) is 5.88 Å². The average molecular weight is 322 g/mol. The summed E-state index contributed by atoms with van der Waals surface area (Å²) in [5.41, 5.74) is 0.449. The van der Waals surface area contributed by atoms with Gasteiger partial charge in [-0.25, -0.2) is 4.39 Å². The van der Waals surface area contributed by atoms with Crippen molar-refractivity contribution in [3.05, 3.63) is 52.8 Å². The van der Waals surface area contributed by atoms with Crippen molar-refractivity contribution in [3.63, 3.8) is 0 Å². The number of nitrogens with one attached hydrogen (secondary N) is 2. The van der Waals surface area contributed by atoms with Crippen molar-refractivity contribution in [1.82, 2.24) is 10.3 Å². The van der Waals surface area contributed by atoms with Crippen LogP contribution in [0, 0.1) is 5.82 Å². The van der Waals surface area contributed by atoms with Crippen molar-refractivity contribution in [2.45, 2.75) is 19.1 Å². The van der Waals surface area contributed by atoms with Gasteiger partial charge in [0.15, 0.2) is 0 Å². The lowest BCUT2D eigenvalue weighted by Crippen LogP contribution is -2.22. The minimum Gasteiger partial charge on any atom is -0.473 e. The van der Waals surface area contributed by atoms with Crippen molar-refractivity contribution in [2.24, 2.45) is 0 Å². The molecule has 1 atom stereocenters. The van der Waals surface area contributed by atoms with Gasteiger partial charge in [0.05, 0.1) is 0 Å². The molecule has 1 saturated heterocycles. The lowest BCUT2D eigenvalue weighted by molar-refractivity contribution is 0.288. The summed E-state index contributed by atoms with van der Waals surface area (Å²) in [4.78, 5) is 4.39. The van der Waals surface area contributed by atoms with E-state index in [0.717, 1.165) is 25.3 Å². The highest BCUT2D eigenvalue weighted by Gasteiger charge is 2.14. The number of benzene rings is 1. The van der Waals surface area contributed by atoms with Gasteiger partial charge in [-0.15, -0.1) is 0 Å². The molecular weight excluding hydrogens is 305 g/mol. The maximum atomic E-state index is 13.7. The zero-order chi connectivity index (χ0) is 15.4. The van der Waals surface area contributed by atoms with Crippen molar-refractivity contribution in [1.29, 1.82) is 0 Å². The molecule has 22 heavy (non-hydrogen) atoms. The first-order valence-electron chi connectivity index (χ1n) is 7.22. The molecule has 0 amide bonds. The fraction of sp³-hybridized carbons (Fsp3) is 0.312. The van der Waals surface area contributed by atoms with Crippen LogP contribution in [0.1, 0.15) is 12.0 Å². The molecule has 0 aliphatic carbocycles. The first kappa shape index (κ1) is 15.1. The van der Waals surface area contributed by atoms with E-state index in [4.69, 9.17) is 16.3 Å². The van der Waals surface area contributed by atoms with Gasteiger partial charge < -0.3 is 15.4 Å². The van der Waals surface area contributed by atoms with Crippen LogP contribution in [0.25, 0.3) is 0 Å². The molecule has 0 radical (unpaired) electrons. The quantitative estimate of drug-likeness (QED) is 0.887. The maximum absolute atomic E-state index is 13.7. The van der Waals surface area contributed by atoms with E-state index < -0.39 is 0 Å². The first-order valence-corrected chi connectivity index (χ1v) is 7.59. The number of rotatable bonds is 5. The number of ether oxygens (including phenoxy) is 1. The summed E-state index contributed by atoms with van der Waals surface area (Å²) in [6, 6.07) is 10.4. The van der Waals surface area contributed by atoms with Crippen LogP contribution in [-0.4, -0.2) is 24.1 Å². The zero-order valence-electron chi connectivity index (χ0n) is 12.0. The molecule has 2 N–H and O–H groups in total. The number of halogens is 2. The number of nitrogens with zero attached hydrogens (tertiary/aromatic N) is 1. The minimum absolute atomic E-state index is 0.116. The monoisotopic (exact) mass is 321 g/mol. The van der Waals surface area contributed by atoms with Gasteiger partial charge in [0.2, 0.25) is 5.88 Å². The lowest BCUT2D eigenvalue weighted by Gasteiger charge is -2.13. The Morgan fingerprint density at radius 1 is 1.36 bits per heavy atom. The molecule has 3 rings (SSSR count). The Morgan fingerprint density at radius 3 is 3.05 bits per heavy atom. The van der Waals surface area contributed by atoms with Crippen LogP contribution in [0.15, 0.2) is 36.4 Å². The molecular formula is C16H17ClFN3O. The predicted octanol–water partition coefficient (Wildman–Crippen LogP) is 3.23. The fourth-order valence-electron chi connectivity index (χ4n) is 2.35. The summed E-state index contributed by atoms with van der Waals surface area (Å²) in [5, 5.41) is 7.01. The summed E-state index contributed by atoms with van der Waals surface area (Å²) in [6.45, 7) is 2.07. The van der Waals surface area contributed by atoms with Gasteiger partial charge in [-0.3, -0.25) is 0 Å². The second kappa shape index (κ2) is 6.94. The second-order valence-electron chi connectivity index (χ2n) is 5.22. The highest BCUT2D eigenvalue weighted by Crippen LogP contribution is 2.18. The van der Waals surface area contributed by atoms with Gasteiger partial charge >= 0.3 is 0 Å². The van der Waals surface area contributed by atoms with E-state index in [1.807, 2.05) is 12.1 Å². The Bertz CT molecular complexity index is 647. The molecule has 2 aromatic rings. The molecule has 4 nitrogen and oxygen atoms in total. The first-order chi connectivity index (χ1) is 10.7. The van der Waals surface area contributed by atoms with Gasteiger partial charge in [-0.2, -0.15) is 4.98 Å². The standard InChI is InChI=1S/C16H17ClFN3O/c17-12-5-4-11(14(18)8-12)10-22-16-3-1-2-15(21-16)20-13-6-7-19-9-13/h1-5,8,13,19H,6-7,9-10H2,(H,20,21). The number of pyridine rings is 1. The van der Waals surface area contributed by atoms with Crippen molar-refractivity contribution < 1.29 is 9.13 Å². The second-order valence-corrected chi connectivity index (χ2v) is 5.66. The third-order valence-corrected chi connectivity index (χ3v) is 3.76. The van der Waals surface area contributed by atoms with Crippen molar-refractivity contribution in [2.75, 3.05) is 18.4 Å². The van der Waals surface area contributed by atoms with Crippen LogP contribution < -0.4 is 15.4 Å². The molecule has 0 bridgehead atoms. The summed E-state index contributed by atoms with van der Waals surface area (Å²) in [7, 11) is 0. The van der Waals surface area contributed by atoms with E-state index in [2.05, 4.69) is 15.6 Å². The Balaban J connectivity index is 1.62. The molecule has 1 aliphatic rings. The third-order valence-electron chi connectivity index (χ3n) is 3.53. The van der Waals surface area contributed by atoms with Gasteiger partial charge in [0.1, 0.15) is 18.2 Å². The molecule has 1 aromatic carbocycles. The van der Waals surface area contributed by atoms with Gasteiger partial charge in [-0.05, 0) is 31.2 Å². The van der Waals surface area contributed by atoms with E-state index in [-0.39, 0.29) is 12.4 Å². The third kappa shape index (κ3) is 3.87. The van der Waals surface area contributed by atoms with Gasteiger partial charge in [0, 0.05) is 29.2 Å². The molecule has 2 heterocycles. The molecule has 1 fully saturated rings. The number of hydrogen-bond acceptors (Lipinski definition) is 4. The number of hydrogen-bond donors (Lipinski definition) is 2. The summed E-state index contributed by atoms with van der Waals surface area (Å²) >= 11 is 5.73. The van der Waals surface area contributed by atoms with Crippen molar-refractivity contribution >= 4 is 17.4 Å². The van der Waals surface area contributed by atoms with E-state index in [0.29, 0.717) is 22.5 Å². The highest BCUT2D eigenvalue weighted by molar-refractivity contribution is 6.30. The molecule has 6 heteroatoms. The van der Waals surface area contributed by atoms with Crippen LogP contribution in [0.4, 0.5) is 10.2 Å². The Morgan fingerprint density at radius 2 is 2.27 bits per heavy atom. The van der Waals surface area contributed by atoms with Crippen LogP contribution in [0.2, 0.25) is 5.02 Å². The lowest BCUT2D eigenvalue weighted by atomic mass is 10.2. The zero-order valence-corrected chi connectivity index (χ0v) is 12.7. The SMILES string of the molecule is Fc1cc(Cl)ccc1COc1cccc(NC2CCNC2)n1. The molecule has 1 aromatic heterocycles. The maximum Gasteiger partial charge on any atom is 0.215 e. The molecule has 0 spiro atoms. The van der Waals surface area contributed by atoms with Gasteiger partial charge in [0.25, 0.3) is 0 Å². The van der Waals surface area contributed by atoms with E-state index in [9.17, 15) is 4.39 Å². The van der Waals surface area contributed by atoms with E-state index >= 15 is 0 Å². The molecule has 0 saturated carbocycles. The van der Waals surface area contributed by atoms with E-state index in [1.54, 1.807) is 18.2 Å². The summed E-state index contributed by atoms with van der Waals surface area (Å²) in [5.74, 6) is 0.854. The number of anilines is 1. The largest absolute Gasteiger partial charge is 0.473 e. The Labute approximate surface area is 133 Å². The van der Waals surface area contributed by atoms with Gasteiger partial charge in [-0.1, -0.05) is 23.7 Å². The Hall–Kier alpha value is -1.85. The van der Waals surface area contributed by atoms with Crippen LogP contribution in [0.3, 0.4) is 0 Å². The normalized spacial score (nSPS) is 17.5. The molecule has 1 unspecified atom stereocenters. The van der Waals surface area contributed by atoms with Crippen molar-refractivity contribution in [3.8, 4) is 5.88 Å². The topological polar surface area (TPSA) is 46.2 Å². The average Bonchev–Trinajstić information content (AvgIpc) is 3.00. The van der Waals surface area contributed by atoms with Crippen LogP contribution >= 0.6 is 11.6 Å². The van der Waals surface area contributed by atoms with E-state index in [1.165, 1.54) is 6.07 Å². The highest BCUT2D eigenvalue weighted by atomic mass is 35.5.